The monoisotopic (exact) mass is 222 g/mol. The second kappa shape index (κ2) is 5.63. The summed E-state index contributed by atoms with van der Waals surface area (Å²) in [5.74, 6) is -1.02. The molecule has 1 aromatic carbocycles. The number of nitrogens with one attached hydrogen (secondary N) is 1. The molecule has 0 bridgehead atoms. The highest BCUT2D eigenvalue weighted by atomic mass is 16.4. The molecule has 1 aromatic rings. The maximum absolute atomic E-state index is 10.3. The number of hydrogen-bond donors (Lipinski definition) is 1. The largest absolute Gasteiger partial charge is 0.550 e. The molecule has 0 aliphatic heterocycles. The minimum absolute atomic E-state index is 0.0382. The molecule has 0 atom stereocenters. The Morgan fingerprint density at radius 2 is 1.94 bits per heavy atom. The van der Waals surface area contributed by atoms with Crippen LogP contribution in [-0.2, 0) is 11.3 Å². The molecular formula is C12H18N2O2. The molecule has 0 spiro atoms. The van der Waals surface area contributed by atoms with E-state index in [2.05, 4.69) is 17.6 Å². The van der Waals surface area contributed by atoms with Gasteiger partial charge in [-0.15, -0.1) is 0 Å². The standard InChI is InChI=1S/C12H18N2O2/c1-14(2,13-9-8-12(15)16)10-11-6-4-3-5-7-11/h3-7,13H,8-10H2,1-2H3. The van der Waals surface area contributed by atoms with Crippen LogP contribution in [0.1, 0.15) is 12.0 Å². The number of carboxylic acid groups (broad SMARTS) is 1. The van der Waals surface area contributed by atoms with Crippen LogP contribution in [0.3, 0.4) is 0 Å². The van der Waals surface area contributed by atoms with E-state index in [1.54, 1.807) is 0 Å². The first kappa shape index (κ1) is 12.7. The predicted molar refractivity (Wildman–Crippen MR) is 59.9 cm³/mol. The number of carboxylic acids is 1. The maximum Gasteiger partial charge on any atom is 0.121 e. The molecule has 1 rings (SSSR count). The number of quaternary nitrogens is 1. The van der Waals surface area contributed by atoms with E-state index in [9.17, 15) is 9.90 Å². The van der Waals surface area contributed by atoms with Crippen molar-refractivity contribution in [3.63, 3.8) is 0 Å². The van der Waals surface area contributed by atoms with Gasteiger partial charge in [0.25, 0.3) is 0 Å². The summed E-state index contributed by atoms with van der Waals surface area (Å²) in [5, 5.41) is 10.3. The summed E-state index contributed by atoms with van der Waals surface area (Å²) in [7, 11) is 4.00. The Bertz CT molecular complexity index is 336. The molecule has 4 nitrogen and oxygen atoms in total. The van der Waals surface area contributed by atoms with Crippen molar-refractivity contribution in [3.05, 3.63) is 35.9 Å². The highest BCUT2D eigenvalue weighted by Gasteiger charge is 2.14. The van der Waals surface area contributed by atoms with Crippen LogP contribution in [0.2, 0.25) is 0 Å². The topological polar surface area (TPSA) is 52.2 Å². The Hall–Kier alpha value is -1.39. The Balaban J connectivity index is 2.42. The molecule has 0 saturated heterocycles. The minimum atomic E-state index is -1.02. The fourth-order valence-electron chi connectivity index (χ4n) is 1.56. The van der Waals surface area contributed by atoms with Gasteiger partial charge in [-0.3, -0.25) is 0 Å². The quantitative estimate of drug-likeness (QED) is 0.540. The lowest BCUT2D eigenvalue weighted by molar-refractivity contribution is -0.946. The van der Waals surface area contributed by atoms with Crippen LogP contribution in [-0.4, -0.2) is 31.2 Å². The first-order valence-corrected chi connectivity index (χ1v) is 5.31. The summed E-state index contributed by atoms with van der Waals surface area (Å²) in [5.41, 5.74) is 4.37. The molecule has 0 radical (unpaired) electrons. The van der Waals surface area contributed by atoms with Crippen LogP contribution in [0.4, 0.5) is 0 Å². The second-order valence-electron chi connectivity index (χ2n) is 4.36. The Kier molecular flexibility index (Phi) is 4.46. The summed E-state index contributed by atoms with van der Waals surface area (Å²) < 4.78 is 0.553. The van der Waals surface area contributed by atoms with Crippen molar-refractivity contribution < 1.29 is 14.5 Å². The van der Waals surface area contributed by atoms with Crippen LogP contribution in [0.25, 0.3) is 0 Å². The van der Waals surface area contributed by atoms with E-state index in [1.165, 1.54) is 5.56 Å². The van der Waals surface area contributed by atoms with E-state index in [-0.39, 0.29) is 6.42 Å². The van der Waals surface area contributed by atoms with Gasteiger partial charge in [0.1, 0.15) is 6.54 Å². The Morgan fingerprint density at radius 1 is 1.31 bits per heavy atom. The van der Waals surface area contributed by atoms with Crippen LogP contribution in [0, 0.1) is 0 Å². The number of rotatable bonds is 6. The SMILES string of the molecule is C[N+](C)(Cc1ccccc1)NCCC(=O)[O-]. The first-order chi connectivity index (χ1) is 7.49. The summed E-state index contributed by atoms with van der Waals surface area (Å²) in [4.78, 5) is 10.3. The molecule has 0 unspecified atom stereocenters. The zero-order chi connectivity index (χ0) is 12.0. The van der Waals surface area contributed by atoms with Crippen molar-refractivity contribution in [2.45, 2.75) is 13.0 Å². The zero-order valence-electron chi connectivity index (χ0n) is 9.77. The number of carbonyl (C=O) groups is 1. The summed E-state index contributed by atoms with van der Waals surface area (Å²) in [6, 6.07) is 10.1. The van der Waals surface area contributed by atoms with Gasteiger partial charge in [0, 0.05) is 24.5 Å². The first-order valence-electron chi connectivity index (χ1n) is 5.31. The molecule has 0 aromatic heterocycles. The van der Waals surface area contributed by atoms with Gasteiger partial charge < -0.3 is 9.90 Å². The van der Waals surface area contributed by atoms with Gasteiger partial charge in [0.05, 0.1) is 14.1 Å². The average Bonchev–Trinajstić information content (AvgIpc) is 2.17. The molecule has 0 saturated carbocycles. The Morgan fingerprint density at radius 3 is 2.50 bits per heavy atom. The number of aliphatic carboxylic acids is 1. The van der Waals surface area contributed by atoms with Crippen molar-refractivity contribution in [2.75, 3.05) is 20.6 Å². The molecule has 16 heavy (non-hydrogen) atoms. The van der Waals surface area contributed by atoms with Crippen LogP contribution in [0.15, 0.2) is 30.3 Å². The number of hydrogen-bond acceptors (Lipinski definition) is 3. The number of carbonyl (C=O) groups excluding carboxylic acids is 1. The highest BCUT2D eigenvalue weighted by molar-refractivity contribution is 5.64. The van der Waals surface area contributed by atoms with Gasteiger partial charge in [0.15, 0.2) is 0 Å². The van der Waals surface area contributed by atoms with E-state index in [1.807, 2.05) is 32.3 Å². The summed E-state index contributed by atoms with van der Waals surface area (Å²) in [6.45, 7) is 1.23. The van der Waals surface area contributed by atoms with Crippen molar-refractivity contribution in [2.24, 2.45) is 0 Å². The van der Waals surface area contributed by atoms with Gasteiger partial charge in [-0.25, -0.2) is 4.59 Å². The lowest BCUT2D eigenvalue weighted by atomic mass is 10.2. The van der Waals surface area contributed by atoms with Crippen molar-refractivity contribution in [1.29, 1.82) is 0 Å². The van der Waals surface area contributed by atoms with Gasteiger partial charge in [0.2, 0.25) is 0 Å². The van der Waals surface area contributed by atoms with Crippen molar-refractivity contribution in [3.8, 4) is 0 Å². The highest BCUT2D eigenvalue weighted by Crippen LogP contribution is 2.05. The molecular weight excluding hydrogens is 204 g/mol. The van der Waals surface area contributed by atoms with Gasteiger partial charge in [-0.05, 0) is 0 Å². The van der Waals surface area contributed by atoms with E-state index >= 15 is 0 Å². The van der Waals surface area contributed by atoms with Gasteiger partial charge in [-0.1, -0.05) is 30.3 Å². The fourth-order valence-corrected chi connectivity index (χ4v) is 1.56. The van der Waals surface area contributed by atoms with E-state index in [0.717, 1.165) is 6.54 Å². The second-order valence-corrected chi connectivity index (χ2v) is 4.36. The van der Waals surface area contributed by atoms with E-state index in [4.69, 9.17) is 0 Å². The predicted octanol–water partition coefficient (Wildman–Crippen LogP) is -0.0924. The molecule has 88 valence electrons. The lowest BCUT2D eigenvalue weighted by Crippen LogP contribution is -2.51. The number of nitrogens with zero attached hydrogens (tertiary/aromatic N) is 1. The normalized spacial score (nSPS) is 11.4. The smallest absolute Gasteiger partial charge is 0.121 e. The van der Waals surface area contributed by atoms with Crippen LogP contribution >= 0.6 is 0 Å². The molecule has 1 N–H and O–H groups in total. The molecule has 0 fully saturated rings. The summed E-state index contributed by atoms with van der Waals surface area (Å²) >= 11 is 0. The van der Waals surface area contributed by atoms with Gasteiger partial charge >= 0.3 is 0 Å². The lowest BCUT2D eigenvalue weighted by Gasteiger charge is -2.29. The van der Waals surface area contributed by atoms with E-state index < -0.39 is 5.97 Å². The fraction of sp³-hybridized carbons (Fsp3) is 0.417. The molecule has 0 aliphatic carbocycles. The van der Waals surface area contributed by atoms with Crippen LogP contribution in [0.5, 0.6) is 0 Å². The third-order valence-electron chi connectivity index (χ3n) is 2.29. The Labute approximate surface area is 96.1 Å². The summed E-state index contributed by atoms with van der Waals surface area (Å²) in [6.07, 6.45) is 0.0382. The van der Waals surface area contributed by atoms with Crippen molar-refractivity contribution in [1.82, 2.24) is 5.43 Å². The zero-order valence-corrected chi connectivity index (χ0v) is 9.77. The average molecular weight is 222 g/mol. The minimum Gasteiger partial charge on any atom is -0.550 e. The van der Waals surface area contributed by atoms with Crippen LogP contribution < -0.4 is 10.5 Å². The molecule has 4 heteroatoms. The molecule has 0 aliphatic rings. The molecule has 0 heterocycles. The van der Waals surface area contributed by atoms with Gasteiger partial charge in [-0.2, -0.15) is 5.43 Å². The van der Waals surface area contributed by atoms with Crippen molar-refractivity contribution >= 4 is 5.97 Å². The third-order valence-corrected chi connectivity index (χ3v) is 2.29. The third kappa shape index (κ3) is 4.91. The maximum atomic E-state index is 10.3. The molecule has 0 amide bonds. The van der Waals surface area contributed by atoms with E-state index in [0.29, 0.717) is 11.1 Å². The number of benzene rings is 1.